The van der Waals surface area contributed by atoms with Crippen molar-refractivity contribution in [1.82, 2.24) is 4.90 Å². The maximum absolute atomic E-state index is 5.92. The summed E-state index contributed by atoms with van der Waals surface area (Å²) >= 11 is 0. The van der Waals surface area contributed by atoms with E-state index in [9.17, 15) is 0 Å². The minimum atomic E-state index is 0.513. The first kappa shape index (κ1) is 9.37. The monoisotopic (exact) mass is 202 g/mol. The number of piperidine rings is 1. The Labute approximate surface area is 91.1 Å². The molecule has 1 aliphatic heterocycles. The quantitative estimate of drug-likeness (QED) is 0.785. The van der Waals surface area contributed by atoms with Gasteiger partial charge in [-0.1, -0.05) is 29.8 Å². The van der Waals surface area contributed by atoms with Gasteiger partial charge in [0, 0.05) is 25.7 Å². The average molecular weight is 202 g/mol. The molecule has 2 unspecified atom stereocenters. The fourth-order valence-electron chi connectivity index (χ4n) is 2.74. The van der Waals surface area contributed by atoms with Crippen molar-refractivity contribution >= 4 is 0 Å². The summed E-state index contributed by atoms with van der Waals surface area (Å²) in [6.45, 7) is 5.65. The number of hydrogen-bond acceptors (Lipinski definition) is 2. The SMILES string of the molecule is Cc1ccc(CN2CC3C(N)C3C2)cc1. The Morgan fingerprint density at radius 2 is 1.80 bits per heavy atom. The molecule has 0 aromatic heterocycles. The molecule has 1 aromatic carbocycles. The average Bonchev–Trinajstić information content (AvgIpc) is 2.66. The van der Waals surface area contributed by atoms with E-state index in [1.165, 1.54) is 24.2 Å². The Bertz CT molecular complexity index is 345. The first-order chi connectivity index (χ1) is 7.24. The van der Waals surface area contributed by atoms with Gasteiger partial charge in [-0.2, -0.15) is 0 Å². The molecule has 3 rings (SSSR count). The van der Waals surface area contributed by atoms with E-state index in [2.05, 4.69) is 36.1 Å². The van der Waals surface area contributed by atoms with E-state index in [0.717, 1.165) is 18.4 Å². The van der Waals surface area contributed by atoms with E-state index in [1.54, 1.807) is 0 Å². The number of rotatable bonds is 2. The molecule has 1 aromatic rings. The fraction of sp³-hybridized carbons (Fsp3) is 0.538. The molecule has 2 fully saturated rings. The molecule has 80 valence electrons. The van der Waals surface area contributed by atoms with Crippen molar-refractivity contribution in [3.8, 4) is 0 Å². The van der Waals surface area contributed by atoms with Crippen molar-refractivity contribution < 1.29 is 0 Å². The van der Waals surface area contributed by atoms with Crippen LogP contribution in [-0.2, 0) is 6.54 Å². The van der Waals surface area contributed by atoms with Gasteiger partial charge in [0.15, 0.2) is 0 Å². The van der Waals surface area contributed by atoms with Gasteiger partial charge in [-0.25, -0.2) is 0 Å². The zero-order chi connectivity index (χ0) is 10.4. The summed E-state index contributed by atoms with van der Waals surface area (Å²) in [6, 6.07) is 9.37. The second kappa shape index (κ2) is 3.32. The van der Waals surface area contributed by atoms with E-state index in [-0.39, 0.29) is 0 Å². The second-order valence-electron chi connectivity index (χ2n) is 5.08. The van der Waals surface area contributed by atoms with Crippen molar-refractivity contribution in [1.29, 1.82) is 0 Å². The minimum Gasteiger partial charge on any atom is -0.327 e. The number of aryl methyl sites for hydroxylation is 1. The highest BCUT2D eigenvalue weighted by Crippen LogP contribution is 2.44. The van der Waals surface area contributed by atoms with Gasteiger partial charge in [-0.3, -0.25) is 4.90 Å². The van der Waals surface area contributed by atoms with Crippen LogP contribution in [0.4, 0.5) is 0 Å². The fourth-order valence-corrected chi connectivity index (χ4v) is 2.74. The Balaban J connectivity index is 1.60. The predicted octanol–water partition coefficient (Wildman–Crippen LogP) is 1.38. The van der Waals surface area contributed by atoms with Gasteiger partial charge >= 0.3 is 0 Å². The van der Waals surface area contributed by atoms with Crippen LogP contribution in [0.5, 0.6) is 0 Å². The number of hydrogen-bond donors (Lipinski definition) is 1. The molecule has 0 amide bonds. The summed E-state index contributed by atoms with van der Waals surface area (Å²) in [5.74, 6) is 1.60. The van der Waals surface area contributed by atoms with Crippen LogP contribution >= 0.6 is 0 Å². The molecular weight excluding hydrogens is 184 g/mol. The summed E-state index contributed by atoms with van der Waals surface area (Å²) in [4.78, 5) is 2.53. The van der Waals surface area contributed by atoms with Gasteiger partial charge in [-0.15, -0.1) is 0 Å². The van der Waals surface area contributed by atoms with Crippen LogP contribution < -0.4 is 5.73 Å². The van der Waals surface area contributed by atoms with Crippen molar-refractivity contribution in [2.45, 2.75) is 19.5 Å². The third kappa shape index (κ3) is 1.68. The van der Waals surface area contributed by atoms with Gasteiger partial charge in [0.1, 0.15) is 0 Å². The third-order valence-corrected chi connectivity index (χ3v) is 3.86. The lowest BCUT2D eigenvalue weighted by Crippen LogP contribution is -2.27. The van der Waals surface area contributed by atoms with Crippen LogP contribution in [0.1, 0.15) is 11.1 Å². The molecular formula is C13H18N2. The number of fused-ring (bicyclic) bond motifs is 1. The lowest BCUT2D eigenvalue weighted by molar-refractivity contribution is 0.290. The largest absolute Gasteiger partial charge is 0.327 e. The Morgan fingerprint density at radius 1 is 1.20 bits per heavy atom. The van der Waals surface area contributed by atoms with Crippen LogP contribution in [0, 0.1) is 18.8 Å². The molecule has 0 spiro atoms. The third-order valence-electron chi connectivity index (χ3n) is 3.86. The first-order valence-electron chi connectivity index (χ1n) is 5.77. The van der Waals surface area contributed by atoms with Crippen molar-refractivity contribution in [2.75, 3.05) is 13.1 Å². The number of benzene rings is 1. The van der Waals surface area contributed by atoms with Crippen molar-refractivity contribution in [3.05, 3.63) is 35.4 Å². The molecule has 1 heterocycles. The van der Waals surface area contributed by atoms with Crippen LogP contribution in [0.3, 0.4) is 0 Å². The maximum atomic E-state index is 5.92. The molecule has 2 aliphatic rings. The zero-order valence-corrected chi connectivity index (χ0v) is 9.19. The van der Waals surface area contributed by atoms with Crippen molar-refractivity contribution in [2.24, 2.45) is 17.6 Å². The first-order valence-corrected chi connectivity index (χ1v) is 5.77. The van der Waals surface area contributed by atoms with E-state index in [1.807, 2.05) is 0 Å². The van der Waals surface area contributed by atoms with Gasteiger partial charge < -0.3 is 5.73 Å². The van der Waals surface area contributed by atoms with E-state index < -0.39 is 0 Å². The summed E-state index contributed by atoms with van der Waals surface area (Å²) in [7, 11) is 0. The van der Waals surface area contributed by atoms with Gasteiger partial charge in [0.2, 0.25) is 0 Å². The maximum Gasteiger partial charge on any atom is 0.0233 e. The molecule has 1 saturated heterocycles. The molecule has 15 heavy (non-hydrogen) atoms. The highest BCUT2D eigenvalue weighted by atomic mass is 15.2. The molecule has 2 nitrogen and oxygen atoms in total. The molecule has 2 atom stereocenters. The van der Waals surface area contributed by atoms with Crippen LogP contribution in [0.15, 0.2) is 24.3 Å². The highest BCUT2D eigenvalue weighted by molar-refractivity contribution is 5.22. The van der Waals surface area contributed by atoms with E-state index in [0.29, 0.717) is 6.04 Å². The Kier molecular flexibility index (Phi) is 2.08. The summed E-state index contributed by atoms with van der Waals surface area (Å²) in [6.07, 6.45) is 0. The molecule has 1 aliphatic carbocycles. The summed E-state index contributed by atoms with van der Waals surface area (Å²) in [5.41, 5.74) is 8.68. The van der Waals surface area contributed by atoms with Crippen LogP contribution in [0.2, 0.25) is 0 Å². The number of likely N-dealkylation sites (tertiary alicyclic amines) is 1. The molecule has 0 bridgehead atoms. The second-order valence-corrected chi connectivity index (χ2v) is 5.08. The summed E-state index contributed by atoms with van der Waals surface area (Å²) < 4.78 is 0. The Hall–Kier alpha value is -0.860. The number of nitrogens with zero attached hydrogens (tertiary/aromatic N) is 1. The molecule has 1 saturated carbocycles. The smallest absolute Gasteiger partial charge is 0.0233 e. The standard InChI is InChI=1S/C13H18N2/c1-9-2-4-10(5-3-9)6-15-7-11-12(8-15)13(11)14/h2-5,11-13H,6-8,14H2,1H3. The minimum absolute atomic E-state index is 0.513. The highest BCUT2D eigenvalue weighted by Gasteiger charge is 2.53. The Morgan fingerprint density at radius 3 is 2.40 bits per heavy atom. The topological polar surface area (TPSA) is 29.3 Å². The van der Waals surface area contributed by atoms with Crippen LogP contribution in [-0.4, -0.2) is 24.0 Å². The van der Waals surface area contributed by atoms with E-state index in [4.69, 9.17) is 5.73 Å². The molecule has 2 heteroatoms. The lowest BCUT2D eigenvalue weighted by Gasteiger charge is -2.18. The van der Waals surface area contributed by atoms with Gasteiger partial charge in [0.05, 0.1) is 0 Å². The predicted molar refractivity (Wildman–Crippen MR) is 61.4 cm³/mol. The van der Waals surface area contributed by atoms with Crippen LogP contribution in [0.25, 0.3) is 0 Å². The van der Waals surface area contributed by atoms with Crippen molar-refractivity contribution in [3.63, 3.8) is 0 Å². The van der Waals surface area contributed by atoms with Gasteiger partial charge in [0.25, 0.3) is 0 Å². The molecule has 2 N–H and O–H groups in total. The normalized spacial score (nSPS) is 34.1. The lowest BCUT2D eigenvalue weighted by atomic mass is 10.1. The summed E-state index contributed by atoms with van der Waals surface area (Å²) in [5, 5.41) is 0. The van der Waals surface area contributed by atoms with E-state index >= 15 is 0 Å². The zero-order valence-electron chi connectivity index (χ0n) is 9.19. The molecule has 0 radical (unpaired) electrons. The van der Waals surface area contributed by atoms with Gasteiger partial charge in [-0.05, 0) is 24.3 Å². The number of nitrogens with two attached hydrogens (primary N) is 1.